The molecule has 0 aromatic heterocycles. The van der Waals surface area contributed by atoms with Gasteiger partial charge < -0.3 is 15.4 Å². The van der Waals surface area contributed by atoms with Crippen molar-refractivity contribution in [1.82, 2.24) is 10.6 Å². The van der Waals surface area contributed by atoms with Gasteiger partial charge in [0, 0.05) is 24.5 Å². The molecule has 2 aromatic rings. The molecule has 0 radical (unpaired) electrons. The number of halogens is 2. The Labute approximate surface area is 169 Å². The highest BCUT2D eigenvalue weighted by atomic mass is 35.5. The third-order valence-corrected chi connectivity index (χ3v) is 4.23. The summed E-state index contributed by atoms with van der Waals surface area (Å²) in [5.74, 6) is 0.158. The fourth-order valence-electron chi connectivity index (χ4n) is 2.53. The van der Waals surface area contributed by atoms with Crippen LogP contribution in [0.25, 0.3) is 0 Å². The molecule has 150 valence electrons. The number of aryl methyl sites for hydroxylation is 1. The maximum absolute atomic E-state index is 12.8. The van der Waals surface area contributed by atoms with Gasteiger partial charge in [-0.2, -0.15) is 0 Å². The molecule has 0 saturated heterocycles. The maximum atomic E-state index is 12.8. The highest BCUT2D eigenvalue weighted by molar-refractivity contribution is 6.30. The van der Waals surface area contributed by atoms with Crippen LogP contribution in [0.1, 0.15) is 24.0 Å². The summed E-state index contributed by atoms with van der Waals surface area (Å²) in [5, 5.41) is 6.13. The second kappa shape index (κ2) is 11.3. The molecule has 0 aliphatic carbocycles. The lowest BCUT2D eigenvalue weighted by Crippen LogP contribution is -2.35. The second-order valence-electron chi connectivity index (χ2n) is 6.36. The zero-order valence-electron chi connectivity index (χ0n) is 15.8. The Hall–Kier alpha value is -2.60. The lowest BCUT2D eigenvalue weighted by molar-refractivity contribution is -0.122. The van der Waals surface area contributed by atoms with E-state index in [9.17, 15) is 14.0 Å². The summed E-state index contributed by atoms with van der Waals surface area (Å²) in [5.41, 5.74) is 1.69. The molecule has 0 heterocycles. The van der Waals surface area contributed by atoms with Crippen LogP contribution in [0, 0.1) is 12.7 Å². The lowest BCUT2D eigenvalue weighted by atomic mass is 10.1. The Morgan fingerprint density at radius 2 is 1.71 bits per heavy atom. The first-order valence-electron chi connectivity index (χ1n) is 9.11. The van der Waals surface area contributed by atoms with Crippen LogP contribution in [0.15, 0.2) is 42.5 Å². The summed E-state index contributed by atoms with van der Waals surface area (Å²) in [6.07, 6.45) is 1.11. The molecule has 2 N–H and O–H groups in total. The summed E-state index contributed by atoms with van der Waals surface area (Å²) < 4.78 is 18.5. The Bertz CT molecular complexity index is 797. The van der Waals surface area contributed by atoms with Crippen LogP contribution in [0.4, 0.5) is 4.39 Å². The molecule has 7 heteroatoms. The summed E-state index contributed by atoms with van der Waals surface area (Å²) in [4.78, 5) is 23.6. The van der Waals surface area contributed by atoms with E-state index in [4.69, 9.17) is 16.3 Å². The van der Waals surface area contributed by atoms with E-state index in [1.54, 1.807) is 18.2 Å². The van der Waals surface area contributed by atoms with Gasteiger partial charge >= 0.3 is 0 Å². The van der Waals surface area contributed by atoms with Crippen LogP contribution in [-0.4, -0.2) is 31.5 Å². The monoisotopic (exact) mass is 406 g/mol. The van der Waals surface area contributed by atoms with Crippen molar-refractivity contribution < 1.29 is 18.7 Å². The summed E-state index contributed by atoms with van der Waals surface area (Å²) >= 11 is 5.90. The van der Waals surface area contributed by atoms with Crippen LogP contribution in [0.3, 0.4) is 0 Å². The molecule has 0 bridgehead atoms. The quantitative estimate of drug-likeness (QED) is 0.594. The average molecular weight is 407 g/mol. The molecule has 0 aliphatic rings. The van der Waals surface area contributed by atoms with E-state index in [0.29, 0.717) is 37.6 Å². The number of hydrogen-bond donors (Lipinski definition) is 2. The van der Waals surface area contributed by atoms with Crippen LogP contribution in [0.2, 0.25) is 5.02 Å². The maximum Gasteiger partial charge on any atom is 0.224 e. The van der Waals surface area contributed by atoms with Gasteiger partial charge in [0.05, 0.1) is 13.0 Å². The van der Waals surface area contributed by atoms with Crippen molar-refractivity contribution >= 4 is 23.4 Å². The minimum atomic E-state index is -0.333. The molecule has 2 amide bonds. The Balaban J connectivity index is 1.53. The number of ether oxygens (including phenoxy) is 1. The first-order chi connectivity index (χ1) is 13.4. The lowest BCUT2D eigenvalue weighted by Gasteiger charge is -2.10. The fourth-order valence-corrected chi connectivity index (χ4v) is 2.76. The Morgan fingerprint density at radius 3 is 2.39 bits per heavy atom. The number of nitrogens with one attached hydrogen (secondary N) is 2. The van der Waals surface area contributed by atoms with E-state index in [1.165, 1.54) is 12.1 Å². The zero-order valence-corrected chi connectivity index (χ0v) is 16.5. The third kappa shape index (κ3) is 7.96. The van der Waals surface area contributed by atoms with Crippen molar-refractivity contribution in [3.63, 3.8) is 0 Å². The van der Waals surface area contributed by atoms with Crippen LogP contribution in [0.5, 0.6) is 5.75 Å². The summed E-state index contributed by atoms with van der Waals surface area (Å²) in [6, 6.07) is 11.2. The van der Waals surface area contributed by atoms with E-state index < -0.39 is 0 Å². The SMILES string of the molecule is Cc1cc(Cl)ccc1OCCCC(=O)NCCNC(=O)Cc1ccc(F)cc1. The van der Waals surface area contributed by atoms with E-state index in [0.717, 1.165) is 16.9 Å². The fraction of sp³-hybridized carbons (Fsp3) is 0.333. The average Bonchev–Trinajstić information content (AvgIpc) is 2.65. The normalized spacial score (nSPS) is 10.4. The van der Waals surface area contributed by atoms with Crippen LogP contribution in [-0.2, 0) is 16.0 Å². The van der Waals surface area contributed by atoms with Gasteiger partial charge in [-0.05, 0) is 54.8 Å². The van der Waals surface area contributed by atoms with Crippen molar-refractivity contribution in [3.8, 4) is 5.75 Å². The topological polar surface area (TPSA) is 67.4 Å². The van der Waals surface area contributed by atoms with Gasteiger partial charge in [-0.3, -0.25) is 9.59 Å². The number of hydrogen-bond acceptors (Lipinski definition) is 3. The van der Waals surface area contributed by atoms with Gasteiger partial charge in [-0.15, -0.1) is 0 Å². The standard InChI is InChI=1S/C21H24ClFN2O3/c1-15-13-17(22)6-9-19(15)28-12-2-3-20(26)24-10-11-25-21(27)14-16-4-7-18(23)8-5-16/h4-9,13H,2-3,10-12,14H2,1H3,(H,24,26)(H,25,27). The van der Waals surface area contributed by atoms with Crippen molar-refractivity contribution in [3.05, 3.63) is 64.4 Å². The zero-order chi connectivity index (χ0) is 20.4. The Morgan fingerprint density at radius 1 is 1.04 bits per heavy atom. The first kappa shape index (κ1) is 21.7. The van der Waals surface area contributed by atoms with Crippen molar-refractivity contribution in [2.45, 2.75) is 26.2 Å². The van der Waals surface area contributed by atoms with Gasteiger partial charge in [0.1, 0.15) is 11.6 Å². The first-order valence-corrected chi connectivity index (χ1v) is 9.48. The third-order valence-electron chi connectivity index (χ3n) is 3.99. The largest absolute Gasteiger partial charge is 0.493 e. The van der Waals surface area contributed by atoms with Crippen molar-refractivity contribution in [2.75, 3.05) is 19.7 Å². The van der Waals surface area contributed by atoms with Crippen molar-refractivity contribution in [2.24, 2.45) is 0 Å². The Kier molecular flexibility index (Phi) is 8.75. The number of rotatable bonds is 10. The van der Waals surface area contributed by atoms with E-state index in [2.05, 4.69) is 10.6 Å². The highest BCUT2D eigenvalue weighted by Gasteiger charge is 2.05. The van der Waals surface area contributed by atoms with Crippen LogP contribution < -0.4 is 15.4 Å². The molecule has 2 aromatic carbocycles. The second-order valence-corrected chi connectivity index (χ2v) is 6.80. The minimum Gasteiger partial charge on any atom is -0.493 e. The molecule has 0 saturated carbocycles. The van der Waals surface area contributed by atoms with E-state index in [-0.39, 0.29) is 24.1 Å². The molecule has 28 heavy (non-hydrogen) atoms. The predicted octanol–water partition coefficient (Wildman–Crippen LogP) is 3.42. The predicted molar refractivity (Wildman–Crippen MR) is 107 cm³/mol. The molecular weight excluding hydrogens is 383 g/mol. The van der Waals surface area contributed by atoms with E-state index in [1.807, 2.05) is 19.1 Å². The molecule has 0 atom stereocenters. The molecule has 0 fully saturated rings. The van der Waals surface area contributed by atoms with Gasteiger partial charge in [0.2, 0.25) is 11.8 Å². The highest BCUT2D eigenvalue weighted by Crippen LogP contribution is 2.21. The van der Waals surface area contributed by atoms with Crippen molar-refractivity contribution in [1.29, 1.82) is 0 Å². The molecular formula is C21H24ClFN2O3. The smallest absolute Gasteiger partial charge is 0.224 e. The van der Waals surface area contributed by atoms with Crippen LogP contribution >= 0.6 is 11.6 Å². The number of benzene rings is 2. The molecule has 0 unspecified atom stereocenters. The van der Waals surface area contributed by atoms with Gasteiger partial charge in [0.25, 0.3) is 0 Å². The van der Waals surface area contributed by atoms with Gasteiger partial charge in [-0.25, -0.2) is 4.39 Å². The number of carbonyl (C=O) groups is 2. The summed E-state index contributed by atoms with van der Waals surface area (Å²) in [7, 11) is 0. The number of carbonyl (C=O) groups excluding carboxylic acids is 2. The molecule has 0 spiro atoms. The minimum absolute atomic E-state index is 0.0933. The molecule has 2 rings (SSSR count). The van der Waals surface area contributed by atoms with E-state index >= 15 is 0 Å². The molecule has 5 nitrogen and oxygen atoms in total. The van der Waals surface area contributed by atoms with Gasteiger partial charge in [-0.1, -0.05) is 23.7 Å². The summed E-state index contributed by atoms with van der Waals surface area (Å²) in [6.45, 7) is 3.04. The molecule has 0 aliphatic heterocycles. The van der Waals surface area contributed by atoms with Gasteiger partial charge in [0.15, 0.2) is 0 Å². The number of amides is 2.